The molecular formula is C11H13ClN2O6S. The molecule has 0 aliphatic carbocycles. The van der Waals surface area contributed by atoms with Crippen LogP contribution in [-0.2, 0) is 14.8 Å². The average Bonchev–Trinajstić information content (AvgIpc) is 2.29. The van der Waals surface area contributed by atoms with Crippen molar-refractivity contribution in [3.63, 3.8) is 0 Å². The van der Waals surface area contributed by atoms with Gasteiger partial charge in [0.05, 0.1) is 21.3 Å². The van der Waals surface area contributed by atoms with E-state index >= 15 is 0 Å². The lowest BCUT2D eigenvalue weighted by molar-refractivity contribution is -0.385. The number of nitrogens with zero attached hydrogens (tertiary/aromatic N) is 1. The molecule has 0 radical (unpaired) electrons. The van der Waals surface area contributed by atoms with Crippen LogP contribution in [0.3, 0.4) is 0 Å². The van der Waals surface area contributed by atoms with E-state index in [4.69, 9.17) is 16.7 Å². The molecule has 2 N–H and O–H groups in total. The van der Waals surface area contributed by atoms with Gasteiger partial charge in [0.25, 0.3) is 5.69 Å². The standard InChI is InChI=1S/C11H13ClN2O6S/c1-6(3-11(15)16)13-21(19,20)8-4-9(12)7(2)10(5-8)14(17)18/h4-6,13H,3H2,1-2H3,(H,15,16). The van der Waals surface area contributed by atoms with Gasteiger partial charge in [-0.1, -0.05) is 11.6 Å². The van der Waals surface area contributed by atoms with Gasteiger partial charge in [0, 0.05) is 17.7 Å². The molecule has 1 atom stereocenters. The van der Waals surface area contributed by atoms with Crippen molar-refractivity contribution in [1.82, 2.24) is 4.72 Å². The Morgan fingerprint density at radius 1 is 1.52 bits per heavy atom. The van der Waals surface area contributed by atoms with Crippen LogP contribution in [0.4, 0.5) is 5.69 Å². The van der Waals surface area contributed by atoms with E-state index in [1.165, 1.54) is 13.8 Å². The maximum Gasteiger partial charge on any atom is 0.304 e. The van der Waals surface area contributed by atoms with Crippen LogP contribution in [0.25, 0.3) is 0 Å². The lowest BCUT2D eigenvalue weighted by Crippen LogP contribution is -2.34. The Labute approximate surface area is 125 Å². The summed E-state index contributed by atoms with van der Waals surface area (Å²) in [5, 5.41) is 19.4. The quantitative estimate of drug-likeness (QED) is 0.601. The normalized spacial score (nSPS) is 12.9. The molecule has 8 nitrogen and oxygen atoms in total. The molecule has 0 aromatic heterocycles. The molecule has 0 aliphatic rings. The van der Waals surface area contributed by atoms with Crippen molar-refractivity contribution in [2.24, 2.45) is 0 Å². The van der Waals surface area contributed by atoms with Crippen molar-refractivity contribution in [3.8, 4) is 0 Å². The van der Waals surface area contributed by atoms with Crippen molar-refractivity contribution < 1.29 is 23.2 Å². The summed E-state index contributed by atoms with van der Waals surface area (Å²) in [7, 11) is -4.10. The molecule has 0 fully saturated rings. The third-order valence-electron chi connectivity index (χ3n) is 2.63. The maximum atomic E-state index is 12.1. The van der Waals surface area contributed by atoms with Gasteiger partial charge in [-0.25, -0.2) is 13.1 Å². The number of carboxylic acids is 1. The number of sulfonamides is 1. The fourth-order valence-electron chi connectivity index (χ4n) is 1.62. The third kappa shape index (κ3) is 4.38. The summed E-state index contributed by atoms with van der Waals surface area (Å²) in [6.45, 7) is 2.77. The number of aliphatic carboxylic acids is 1. The second kappa shape index (κ2) is 6.37. The van der Waals surface area contributed by atoms with E-state index in [1.807, 2.05) is 0 Å². The second-order valence-electron chi connectivity index (χ2n) is 4.43. The Morgan fingerprint density at radius 3 is 2.57 bits per heavy atom. The molecular weight excluding hydrogens is 324 g/mol. The first kappa shape index (κ1) is 17.3. The number of hydrogen-bond acceptors (Lipinski definition) is 5. The Balaban J connectivity index is 3.20. The molecule has 0 saturated heterocycles. The van der Waals surface area contributed by atoms with Gasteiger partial charge in [-0.15, -0.1) is 0 Å². The van der Waals surface area contributed by atoms with E-state index in [0.717, 1.165) is 12.1 Å². The Morgan fingerprint density at radius 2 is 2.10 bits per heavy atom. The van der Waals surface area contributed by atoms with Gasteiger partial charge in [0.1, 0.15) is 0 Å². The van der Waals surface area contributed by atoms with E-state index in [9.17, 15) is 23.3 Å². The number of hydrogen-bond donors (Lipinski definition) is 2. The Kier molecular flexibility index (Phi) is 5.26. The number of carbonyl (C=O) groups is 1. The van der Waals surface area contributed by atoms with Crippen LogP contribution < -0.4 is 4.72 Å². The van der Waals surface area contributed by atoms with E-state index in [0.29, 0.717) is 0 Å². The smallest absolute Gasteiger partial charge is 0.304 e. The van der Waals surface area contributed by atoms with Gasteiger partial charge in [0.15, 0.2) is 0 Å². The molecule has 10 heteroatoms. The zero-order valence-electron chi connectivity index (χ0n) is 11.2. The van der Waals surface area contributed by atoms with E-state index in [1.54, 1.807) is 0 Å². The van der Waals surface area contributed by atoms with Crippen molar-refractivity contribution in [3.05, 3.63) is 32.8 Å². The highest BCUT2D eigenvalue weighted by molar-refractivity contribution is 7.89. The number of nitro groups is 1. The highest BCUT2D eigenvalue weighted by Gasteiger charge is 2.24. The molecule has 0 aliphatic heterocycles. The fraction of sp³-hybridized carbons (Fsp3) is 0.364. The molecule has 1 unspecified atom stereocenters. The first-order valence-corrected chi connectivity index (χ1v) is 7.59. The second-order valence-corrected chi connectivity index (χ2v) is 6.55. The summed E-state index contributed by atoms with van der Waals surface area (Å²) in [5.74, 6) is -1.17. The molecule has 1 aromatic carbocycles. The number of benzene rings is 1. The summed E-state index contributed by atoms with van der Waals surface area (Å²) >= 11 is 5.80. The van der Waals surface area contributed by atoms with Crippen LogP contribution >= 0.6 is 11.6 Å². The van der Waals surface area contributed by atoms with Crippen LogP contribution in [0.15, 0.2) is 17.0 Å². The lowest BCUT2D eigenvalue weighted by Gasteiger charge is -2.13. The molecule has 0 bridgehead atoms. The number of nitro benzene ring substituents is 1. The van der Waals surface area contributed by atoms with Crippen molar-refractivity contribution >= 4 is 33.3 Å². The lowest BCUT2D eigenvalue weighted by atomic mass is 10.2. The Hall–Kier alpha value is -1.71. The van der Waals surface area contributed by atoms with Crippen molar-refractivity contribution in [1.29, 1.82) is 0 Å². The summed E-state index contributed by atoms with van der Waals surface area (Å²) in [5.41, 5.74) is -0.270. The monoisotopic (exact) mass is 336 g/mol. The topological polar surface area (TPSA) is 127 Å². The first-order chi connectivity index (χ1) is 9.54. The molecule has 21 heavy (non-hydrogen) atoms. The number of carboxylic acid groups (broad SMARTS) is 1. The van der Waals surface area contributed by atoms with Gasteiger partial charge < -0.3 is 5.11 Å². The molecule has 0 spiro atoms. The summed E-state index contributed by atoms with van der Waals surface area (Å²) in [4.78, 5) is 20.3. The zero-order valence-corrected chi connectivity index (χ0v) is 12.7. The van der Waals surface area contributed by atoms with Crippen LogP contribution in [0.5, 0.6) is 0 Å². The predicted octanol–water partition coefficient (Wildman–Crippen LogP) is 1.70. The summed E-state index contributed by atoms with van der Waals surface area (Å²) < 4.78 is 26.3. The van der Waals surface area contributed by atoms with Crippen molar-refractivity contribution in [2.75, 3.05) is 0 Å². The van der Waals surface area contributed by atoms with Crippen LogP contribution in [0, 0.1) is 17.0 Å². The highest BCUT2D eigenvalue weighted by Crippen LogP contribution is 2.29. The van der Waals surface area contributed by atoms with Crippen molar-refractivity contribution in [2.45, 2.75) is 31.2 Å². The third-order valence-corrected chi connectivity index (χ3v) is 4.60. The SMILES string of the molecule is Cc1c(Cl)cc(S(=O)(=O)NC(C)CC(=O)O)cc1[N+](=O)[O-]. The molecule has 1 aromatic rings. The Bertz CT molecular complexity index is 688. The molecule has 0 saturated carbocycles. The number of halogens is 1. The van der Waals surface area contributed by atoms with E-state index in [-0.39, 0.29) is 15.5 Å². The fourth-order valence-corrected chi connectivity index (χ4v) is 3.19. The van der Waals surface area contributed by atoms with Gasteiger partial charge >= 0.3 is 5.97 Å². The zero-order chi connectivity index (χ0) is 16.4. The van der Waals surface area contributed by atoms with E-state index in [2.05, 4.69) is 4.72 Å². The molecule has 0 heterocycles. The van der Waals surface area contributed by atoms with E-state index < -0.39 is 39.1 Å². The van der Waals surface area contributed by atoms with Crippen LogP contribution in [-0.4, -0.2) is 30.5 Å². The summed E-state index contributed by atoms with van der Waals surface area (Å²) in [6.07, 6.45) is -0.416. The average molecular weight is 337 g/mol. The summed E-state index contributed by atoms with van der Waals surface area (Å²) in [6, 6.07) is 1.10. The van der Waals surface area contributed by atoms with Gasteiger partial charge in [-0.3, -0.25) is 14.9 Å². The van der Waals surface area contributed by atoms with Gasteiger partial charge in [0.2, 0.25) is 10.0 Å². The first-order valence-electron chi connectivity index (χ1n) is 5.73. The molecule has 1 rings (SSSR count). The minimum atomic E-state index is -4.10. The minimum absolute atomic E-state index is 0.0598. The minimum Gasteiger partial charge on any atom is -0.481 e. The highest BCUT2D eigenvalue weighted by atomic mass is 35.5. The van der Waals surface area contributed by atoms with Crippen LogP contribution in [0.1, 0.15) is 18.9 Å². The number of rotatable bonds is 6. The predicted molar refractivity (Wildman–Crippen MR) is 74.9 cm³/mol. The molecule has 116 valence electrons. The largest absolute Gasteiger partial charge is 0.481 e. The molecule has 0 amide bonds. The maximum absolute atomic E-state index is 12.1. The van der Waals surface area contributed by atoms with Gasteiger partial charge in [-0.05, 0) is 19.9 Å². The van der Waals surface area contributed by atoms with Crippen LogP contribution in [0.2, 0.25) is 5.02 Å². The number of nitrogens with one attached hydrogen (secondary N) is 1. The van der Waals surface area contributed by atoms with Gasteiger partial charge in [-0.2, -0.15) is 0 Å².